The Morgan fingerprint density at radius 3 is 2.55 bits per heavy atom. The van der Waals surface area contributed by atoms with Gasteiger partial charge in [-0.2, -0.15) is 5.10 Å². The minimum atomic E-state index is -0.348. The molecule has 4 rings (SSSR count). The van der Waals surface area contributed by atoms with Crippen molar-refractivity contribution in [2.45, 2.75) is 64.3 Å². The summed E-state index contributed by atoms with van der Waals surface area (Å²) in [4.78, 5) is 34.7. The zero-order valence-corrected chi connectivity index (χ0v) is 18.4. The quantitative estimate of drug-likeness (QED) is 0.791. The van der Waals surface area contributed by atoms with Gasteiger partial charge in [-0.25, -0.2) is 4.98 Å². The van der Waals surface area contributed by atoms with E-state index in [1.807, 2.05) is 47.1 Å². The van der Waals surface area contributed by atoms with Crippen LogP contribution in [0.25, 0.3) is 0 Å². The van der Waals surface area contributed by atoms with Gasteiger partial charge < -0.3 is 9.80 Å². The van der Waals surface area contributed by atoms with Crippen LogP contribution in [0, 0.1) is 12.8 Å². The first-order valence-electron chi connectivity index (χ1n) is 11.6. The fraction of sp³-hybridized carbons (Fsp3) is 0.583. The van der Waals surface area contributed by atoms with Gasteiger partial charge in [0.2, 0.25) is 5.91 Å². The summed E-state index contributed by atoms with van der Waals surface area (Å²) in [5.41, 5.74) is 0.650. The highest BCUT2D eigenvalue weighted by Crippen LogP contribution is 2.29. The van der Waals surface area contributed by atoms with Gasteiger partial charge in [0.05, 0.1) is 0 Å². The molecule has 1 saturated heterocycles. The van der Waals surface area contributed by atoms with Gasteiger partial charge >= 0.3 is 0 Å². The molecule has 1 atom stereocenters. The third-order valence-electron chi connectivity index (χ3n) is 6.63. The maximum Gasteiger partial charge on any atom is 0.254 e. The fourth-order valence-corrected chi connectivity index (χ4v) is 4.89. The summed E-state index contributed by atoms with van der Waals surface area (Å²) in [7, 11) is 0. The monoisotopic (exact) mass is 423 g/mol. The Hall–Kier alpha value is -2.70. The van der Waals surface area contributed by atoms with Crippen molar-refractivity contribution in [3.8, 4) is 0 Å². The van der Waals surface area contributed by atoms with Gasteiger partial charge in [-0.15, -0.1) is 0 Å². The van der Waals surface area contributed by atoms with Gasteiger partial charge in [-0.3, -0.25) is 14.7 Å². The van der Waals surface area contributed by atoms with E-state index in [0.29, 0.717) is 49.2 Å². The predicted octanol–water partition coefficient (Wildman–Crippen LogP) is 3.89. The Kier molecular flexibility index (Phi) is 6.99. The second-order valence-electron chi connectivity index (χ2n) is 8.90. The van der Waals surface area contributed by atoms with Crippen LogP contribution in [0.5, 0.6) is 0 Å². The molecule has 0 bridgehead atoms. The number of carbonyl (C=O) groups is 2. The molecule has 2 fully saturated rings. The summed E-state index contributed by atoms with van der Waals surface area (Å²) in [5.74, 6) is 2.13. The topological polar surface area (TPSA) is 82.2 Å². The molecule has 1 unspecified atom stereocenters. The van der Waals surface area contributed by atoms with E-state index in [4.69, 9.17) is 0 Å². The van der Waals surface area contributed by atoms with Gasteiger partial charge in [-0.1, -0.05) is 50.3 Å². The maximum atomic E-state index is 13.3. The minimum absolute atomic E-state index is 0.0374. The summed E-state index contributed by atoms with van der Waals surface area (Å²) in [6.45, 7) is 3.55. The third-order valence-corrected chi connectivity index (χ3v) is 6.63. The number of aromatic nitrogens is 3. The Morgan fingerprint density at radius 1 is 1.06 bits per heavy atom. The highest BCUT2D eigenvalue weighted by Gasteiger charge is 2.34. The van der Waals surface area contributed by atoms with Crippen molar-refractivity contribution in [2.24, 2.45) is 5.92 Å². The molecule has 31 heavy (non-hydrogen) atoms. The second kappa shape index (κ2) is 10.1. The molecule has 7 heteroatoms. The Balaban J connectivity index is 1.49. The van der Waals surface area contributed by atoms with E-state index in [-0.39, 0.29) is 17.9 Å². The zero-order valence-electron chi connectivity index (χ0n) is 18.4. The number of H-pyrrole nitrogens is 1. The number of nitrogens with zero attached hydrogens (tertiary/aromatic N) is 4. The van der Waals surface area contributed by atoms with Crippen molar-refractivity contribution in [1.82, 2.24) is 25.0 Å². The van der Waals surface area contributed by atoms with Crippen molar-refractivity contribution >= 4 is 11.8 Å². The summed E-state index contributed by atoms with van der Waals surface area (Å²) in [6.07, 6.45) is 8.77. The van der Waals surface area contributed by atoms with Crippen molar-refractivity contribution in [3.63, 3.8) is 0 Å². The fourth-order valence-electron chi connectivity index (χ4n) is 4.89. The maximum absolute atomic E-state index is 13.3. The molecule has 0 radical (unpaired) electrons. The zero-order chi connectivity index (χ0) is 21.6. The third kappa shape index (κ3) is 5.32. The molecule has 2 amide bonds. The van der Waals surface area contributed by atoms with Crippen LogP contribution in [-0.2, 0) is 4.79 Å². The van der Waals surface area contributed by atoms with Crippen LogP contribution in [0.3, 0.4) is 0 Å². The van der Waals surface area contributed by atoms with Gasteiger partial charge in [0.25, 0.3) is 5.91 Å². The SMILES string of the molecule is Cc1nc(C2CN(C(=O)CCC3CCCCC3)CCCN2C(=O)c2ccccc2)n[nH]1. The largest absolute Gasteiger partial charge is 0.340 e. The standard InChI is InChI=1S/C24H33N5O2/c1-18-25-23(27-26-18)21-17-28(22(30)14-13-19-9-4-2-5-10-19)15-8-16-29(21)24(31)20-11-6-3-7-12-20/h3,6-7,11-12,19,21H,2,4-5,8-10,13-17H2,1H3,(H,25,26,27). The van der Waals surface area contributed by atoms with Crippen molar-refractivity contribution in [2.75, 3.05) is 19.6 Å². The van der Waals surface area contributed by atoms with E-state index in [0.717, 1.165) is 12.8 Å². The number of hydrogen-bond acceptors (Lipinski definition) is 4. The lowest BCUT2D eigenvalue weighted by atomic mass is 9.86. The van der Waals surface area contributed by atoms with Crippen LogP contribution in [0.1, 0.15) is 79.4 Å². The first-order valence-corrected chi connectivity index (χ1v) is 11.6. The van der Waals surface area contributed by atoms with E-state index in [2.05, 4.69) is 15.2 Å². The summed E-state index contributed by atoms with van der Waals surface area (Å²) < 4.78 is 0. The molecule has 166 valence electrons. The number of hydrogen-bond donors (Lipinski definition) is 1. The lowest BCUT2D eigenvalue weighted by Gasteiger charge is -2.30. The second-order valence-corrected chi connectivity index (χ2v) is 8.90. The summed E-state index contributed by atoms with van der Waals surface area (Å²) >= 11 is 0. The lowest BCUT2D eigenvalue weighted by molar-refractivity contribution is -0.131. The molecule has 2 heterocycles. The van der Waals surface area contributed by atoms with E-state index in [1.165, 1.54) is 32.1 Å². The van der Waals surface area contributed by atoms with Crippen molar-refractivity contribution in [3.05, 3.63) is 47.5 Å². The van der Waals surface area contributed by atoms with Crippen LogP contribution in [0.4, 0.5) is 0 Å². The van der Waals surface area contributed by atoms with Gasteiger partial charge in [0.1, 0.15) is 11.9 Å². The van der Waals surface area contributed by atoms with Crippen molar-refractivity contribution < 1.29 is 9.59 Å². The highest BCUT2D eigenvalue weighted by atomic mass is 16.2. The van der Waals surface area contributed by atoms with Crippen LogP contribution >= 0.6 is 0 Å². The van der Waals surface area contributed by atoms with Crippen LogP contribution < -0.4 is 0 Å². The van der Waals surface area contributed by atoms with Crippen LogP contribution in [0.15, 0.2) is 30.3 Å². The summed E-state index contributed by atoms with van der Waals surface area (Å²) in [5, 5.41) is 7.25. The highest BCUT2D eigenvalue weighted by molar-refractivity contribution is 5.94. The number of rotatable bonds is 5. The van der Waals surface area contributed by atoms with E-state index in [9.17, 15) is 9.59 Å². The van der Waals surface area contributed by atoms with E-state index in [1.54, 1.807) is 0 Å². The smallest absolute Gasteiger partial charge is 0.254 e. The van der Waals surface area contributed by atoms with Gasteiger partial charge in [-0.05, 0) is 37.8 Å². The Morgan fingerprint density at radius 2 is 1.84 bits per heavy atom. The normalized spacial score (nSPS) is 20.5. The predicted molar refractivity (Wildman–Crippen MR) is 118 cm³/mol. The molecule has 1 N–H and O–H groups in total. The lowest BCUT2D eigenvalue weighted by Crippen LogP contribution is -2.40. The molecule has 2 aromatic rings. The summed E-state index contributed by atoms with van der Waals surface area (Å²) in [6, 6.07) is 8.97. The molecular weight excluding hydrogens is 390 g/mol. The minimum Gasteiger partial charge on any atom is -0.340 e. The molecule has 1 aliphatic heterocycles. The first kappa shape index (κ1) is 21.5. The van der Waals surface area contributed by atoms with Gasteiger partial charge in [0.15, 0.2) is 5.82 Å². The molecule has 1 saturated carbocycles. The molecule has 0 spiro atoms. The average Bonchev–Trinajstić information content (AvgIpc) is 3.12. The molecular formula is C24H33N5O2. The van der Waals surface area contributed by atoms with Crippen LogP contribution in [0.2, 0.25) is 0 Å². The van der Waals surface area contributed by atoms with Crippen LogP contribution in [-0.4, -0.2) is 56.4 Å². The number of aryl methyl sites for hydroxylation is 1. The van der Waals surface area contributed by atoms with Gasteiger partial charge in [0, 0.05) is 31.6 Å². The van der Waals surface area contributed by atoms with E-state index >= 15 is 0 Å². The average molecular weight is 424 g/mol. The Bertz CT molecular complexity index is 875. The molecule has 7 nitrogen and oxygen atoms in total. The molecule has 1 aromatic carbocycles. The number of amides is 2. The molecule has 2 aliphatic rings. The number of nitrogens with one attached hydrogen (secondary N) is 1. The molecule has 1 aliphatic carbocycles. The first-order chi connectivity index (χ1) is 15.1. The number of carbonyl (C=O) groups excluding carboxylic acids is 2. The number of benzene rings is 1. The van der Waals surface area contributed by atoms with E-state index < -0.39 is 0 Å². The number of aromatic amines is 1. The van der Waals surface area contributed by atoms with Crippen molar-refractivity contribution in [1.29, 1.82) is 0 Å². The Labute approximate surface area is 184 Å². The molecule has 1 aromatic heterocycles.